The van der Waals surface area contributed by atoms with E-state index in [0.717, 1.165) is 0 Å². The second-order valence-electron chi connectivity index (χ2n) is 3.06. The topological polar surface area (TPSA) is 68.2 Å². The van der Waals surface area contributed by atoms with Crippen LogP contribution in [0.1, 0.15) is 6.92 Å². The van der Waals surface area contributed by atoms with Crippen LogP contribution in [0.25, 0.3) is 0 Å². The molecule has 1 aromatic rings. The average molecular weight is 226 g/mol. The predicted octanol–water partition coefficient (Wildman–Crippen LogP) is -0.252. The maximum Gasteiger partial charge on any atom is 0.492 e. The summed E-state index contributed by atoms with van der Waals surface area (Å²) in [5.74, 6) is 0.945. The van der Waals surface area contributed by atoms with Crippen LogP contribution in [0.15, 0.2) is 18.2 Å². The molecule has 0 heterocycles. The van der Waals surface area contributed by atoms with Crippen molar-refractivity contribution in [2.24, 2.45) is 0 Å². The summed E-state index contributed by atoms with van der Waals surface area (Å²) in [4.78, 5) is 0. The normalized spacial score (nSPS) is 10.0. The van der Waals surface area contributed by atoms with Crippen LogP contribution in [0.2, 0.25) is 0 Å². The Morgan fingerprint density at radius 1 is 1.25 bits per heavy atom. The molecule has 88 valence electrons. The lowest BCUT2D eigenvalue weighted by molar-refractivity contribution is 0.0515. The van der Waals surface area contributed by atoms with Crippen LogP contribution < -0.4 is 14.9 Å². The fourth-order valence-electron chi connectivity index (χ4n) is 1.23. The lowest BCUT2D eigenvalue weighted by atomic mass is 9.79. The molecule has 0 fully saturated rings. The Labute approximate surface area is 94.7 Å². The third-order valence-corrected chi connectivity index (χ3v) is 1.91. The van der Waals surface area contributed by atoms with Crippen molar-refractivity contribution in [3.8, 4) is 11.5 Å². The summed E-state index contributed by atoms with van der Waals surface area (Å²) < 4.78 is 15.2. The highest BCUT2D eigenvalue weighted by atomic mass is 16.7. The van der Waals surface area contributed by atoms with Crippen LogP contribution in [0.4, 0.5) is 0 Å². The van der Waals surface area contributed by atoms with Crippen molar-refractivity contribution in [1.29, 1.82) is 0 Å². The number of ether oxygens (including phenoxy) is 3. The van der Waals surface area contributed by atoms with Gasteiger partial charge in [0, 0.05) is 18.6 Å². The smallest absolute Gasteiger partial charge is 0.492 e. The maximum atomic E-state index is 9.12. The molecule has 0 aromatic heterocycles. The molecule has 0 atom stereocenters. The highest BCUT2D eigenvalue weighted by molar-refractivity contribution is 6.59. The second kappa shape index (κ2) is 6.37. The minimum absolute atomic E-state index is 0.0370. The number of rotatable bonds is 6. The first-order valence-corrected chi connectivity index (χ1v) is 4.93. The Balaban J connectivity index is 2.91. The van der Waals surface area contributed by atoms with Gasteiger partial charge in [-0.2, -0.15) is 0 Å². The third kappa shape index (κ3) is 3.41. The standard InChI is InChI=1S/C10H15BO5/c1-3-15-8-4-5-9(11(12)13)10(6-8)16-7-14-2/h4-6,12-13H,3,7H2,1-2H3. The van der Waals surface area contributed by atoms with Crippen molar-refractivity contribution in [2.75, 3.05) is 20.5 Å². The highest BCUT2D eigenvalue weighted by Crippen LogP contribution is 2.18. The fraction of sp³-hybridized carbons (Fsp3) is 0.400. The van der Waals surface area contributed by atoms with Crippen LogP contribution in [0, 0.1) is 0 Å². The third-order valence-electron chi connectivity index (χ3n) is 1.91. The van der Waals surface area contributed by atoms with Gasteiger partial charge in [0.15, 0.2) is 6.79 Å². The number of benzene rings is 1. The fourth-order valence-corrected chi connectivity index (χ4v) is 1.23. The lowest BCUT2D eigenvalue weighted by Gasteiger charge is -2.12. The number of hydrogen-bond acceptors (Lipinski definition) is 5. The lowest BCUT2D eigenvalue weighted by Crippen LogP contribution is -2.31. The van der Waals surface area contributed by atoms with Gasteiger partial charge in [0.05, 0.1) is 6.61 Å². The largest absolute Gasteiger partial charge is 0.494 e. The van der Waals surface area contributed by atoms with Crippen LogP contribution in [-0.2, 0) is 4.74 Å². The minimum atomic E-state index is -1.58. The van der Waals surface area contributed by atoms with Crippen molar-refractivity contribution in [3.05, 3.63) is 18.2 Å². The van der Waals surface area contributed by atoms with E-state index in [9.17, 15) is 0 Å². The molecule has 16 heavy (non-hydrogen) atoms. The van der Waals surface area contributed by atoms with E-state index in [-0.39, 0.29) is 12.3 Å². The molecule has 0 radical (unpaired) electrons. The Morgan fingerprint density at radius 3 is 2.56 bits per heavy atom. The van der Waals surface area contributed by atoms with Crippen LogP contribution in [0.5, 0.6) is 11.5 Å². The molecule has 1 aromatic carbocycles. The first kappa shape index (κ1) is 12.8. The van der Waals surface area contributed by atoms with Crippen LogP contribution >= 0.6 is 0 Å². The number of methoxy groups -OCH3 is 1. The SMILES string of the molecule is CCOc1ccc(B(O)O)c(OCOC)c1. The van der Waals surface area contributed by atoms with Gasteiger partial charge in [-0.3, -0.25) is 0 Å². The molecule has 1 rings (SSSR count). The van der Waals surface area contributed by atoms with Crippen molar-refractivity contribution >= 4 is 12.6 Å². The first-order valence-electron chi connectivity index (χ1n) is 4.93. The van der Waals surface area contributed by atoms with E-state index >= 15 is 0 Å². The molecule has 0 saturated heterocycles. The summed E-state index contributed by atoms with van der Waals surface area (Å²) in [6.45, 7) is 2.44. The molecule has 0 aliphatic heterocycles. The summed E-state index contributed by atoms with van der Waals surface area (Å²) in [7, 11) is -0.0934. The molecular weight excluding hydrogens is 211 g/mol. The molecule has 0 bridgehead atoms. The van der Waals surface area contributed by atoms with Gasteiger partial charge in [0.2, 0.25) is 0 Å². The van der Waals surface area contributed by atoms with Gasteiger partial charge in [0.1, 0.15) is 11.5 Å². The van der Waals surface area contributed by atoms with Gasteiger partial charge < -0.3 is 24.3 Å². The Hall–Kier alpha value is -1.24. The van der Waals surface area contributed by atoms with Gasteiger partial charge in [-0.1, -0.05) is 6.07 Å². The molecule has 0 spiro atoms. The molecule has 0 amide bonds. The zero-order valence-corrected chi connectivity index (χ0v) is 9.34. The molecule has 0 aliphatic rings. The average Bonchev–Trinajstić information content (AvgIpc) is 2.26. The molecule has 6 heteroatoms. The number of hydrogen-bond donors (Lipinski definition) is 2. The van der Waals surface area contributed by atoms with Gasteiger partial charge in [0.25, 0.3) is 0 Å². The van der Waals surface area contributed by atoms with E-state index < -0.39 is 7.12 Å². The monoisotopic (exact) mass is 226 g/mol. The maximum absolute atomic E-state index is 9.12. The van der Waals surface area contributed by atoms with Gasteiger partial charge in [-0.25, -0.2) is 0 Å². The summed E-state index contributed by atoms with van der Waals surface area (Å²) in [6.07, 6.45) is 0. The van der Waals surface area contributed by atoms with Crippen molar-refractivity contribution in [1.82, 2.24) is 0 Å². The van der Waals surface area contributed by atoms with E-state index in [4.69, 9.17) is 24.3 Å². The van der Waals surface area contributed by atoms with Gasteiger partial charge >= 0.3 is 7.12 Å². The highest BCUT2D eigenvalue weighted by Gasteiger charge is 2.17. The molecule has 0 saturated carbocycles. The molecule has 2 N–H and O–H groups in total. The molecular formula is C10H15BO5. The summed E-state index contributed by atoms with van der Waals surface area (Å²) in [6, 6.07) is 4.79. The Morgan fingerprint density at radius 2 is 2.00 bits per heavy atom. The Bertz CT molecular complexity index is 329. The van der Waals surface area contributed by atoms with E-state index in [1.54, 1.807) is 18.2 Å². The molecule has 0 unspecified atom stereocenters. The second-order valence-corrected chi connectivity index (χ2v) is 3.06. The van der Waals surface area contributed by atoms with Gasteiger partial charge in [-0.05, 0) is 13.0 Å². The Kier molecular flexibility index (Phi) is 5.11. The van der Waals surface area contributed by atoms with Crippen molar-refractivity contribution in [3.63, 3.8) is 0 Å². The summed E-state index contributed by atoms with van der Waals surface area (Å²) in [5.41, 5.74) is 0.278. The van der Waals surface area contributed by atoms with E-state index in [1.165, 1.54) is 7.11 Å². The zero-order valence-electron chi connectivity index (χ0n) is 9.34. The van der Waals surface area contributed by atoms with Crippen molar-refractivity contribution in [2.45, 2.75) is 6.92 Å². The van der Waals surface area contributed by atoms with E-state index in [1.807, 2.05) is 6.92 Å². The minimum Gasteiger partial charge on any atom is -0.494 e. The van der Waals surface area contributed by atoms with Gasteiger partial charge in [-0.15, -0.1) is 0 Å². The first-order chi connectivity index (χ1) is 7.69. The predicted molar refractivity (Wildman–Crippen MR) is 59.9 cm³/mol. The summed E-state index contributed by atoms with van der Waals surface area (Å²) in [5, 5.41) is 18.2. The summed E-state index contributed by atoms with van der Waals surface area (Å²) >= 11 is 0. The van der Waals surface area contributed by atoms with Crippen molar-refractivity contribution < 1.29 is 24.3 Å². The molecule has 5 nitrogen and oxygen atoms in total. The van der Waals surface area contributed by atoms with Crippen LogP contribution in [0.3, 0.4) is 0 Å². The quantitative estimate of drug-likeness (QED) is 0.517. The van der Waals surface area contributed by atoms with E-state index in [2.05, 4.69) is 0 Å². The zero-order chi connectivity index (χ0) is 12.0. The van der Waals surface area contributed by atoms with E-state index in [0.29, 0.717) is 18.1 Å². The van der Waals surface area contributed by atoms with Crippen LogP contribution in [-0.4, -0.2) is 37.7 Å². The molecule has 0 aliphatic carbocycles.